The summed E-state index contributed by atoms with van der Waals surface area (Å²) in [7, 11) is 0. The van der Waals surface area contributed by atoms with E-state index in [1.165, 1.54) is 25.7 Å². The van der Waals surface area contributed by atoms with Crippen molar-refractivity contribution in [3.8, 4) is 0 Å². The maximum Gasteiger partial charge on any atom is 0.238 e. The highest BCUT2D eigenvalue weighted by atomic mass is 35.5. The van der Waals surface area contributed by atoms with Crippen LogP contribution in [0.15, 0.2) is 18.2 Å². The van der Waals surface area contributed by atoms with Crippen molar-refractivity contribution in [2.45, 2.75) is 39.5 Å². The molecule has 1 fully saturated rings. The molecule has 2 unspecified atom stereocenters. The van der Waals surface area contributed by atoms with Crippen LogP contribution in [0.25, 0.3) is 0 Å². The number of aryl methyl sites for hydroxylation is 1. The largest absolute Gasteiger partial charge is 0.325 e. The van der Waals surface area contributed by atoms with E-state index < -0.39 is 0 Å². The van der Waals surface area contributed by atoms with E-state index in [1.807, 2.05) is 19.1 Å². The number of nitrogens with one attached hydrogen (secondary N) is 2. The minimum Gasteiger partial charge on any atom is -0.325 e. The number of halogens is 1. The van der Waals surface area contributed by atoms with E-state index in [0.717, 1.165) is 23.7 Å². The first kappa shape index (κ1) is 16.3. The maximum absolute atomic E-state index is 12.0. The van der Waals surface area contributed by atoms with E-state index in [4.69, 9.17) is 11.6 Å². The van der Waals surface area contributed by atoms with Crippen molar-refractivity contribution in [1.82, 2.24) is 5.32 Å². The van der Waals surface area contributed by atoms with Crippen molar-refractivity contribution in [2.75, 3.05) is 18.4 Å². The fourth-order valence-electron chi connectivity index (χ4n) is 2.99. The number of carbonyl (C=O) groups is 1. The predicted octanol–water partition coefficient (Wildman–Crippen LogP) is 4.00. The third-order valence-electron chi connectivity index (χ3n) is 4.45. The van der Waals surface area contributed by atoms with Gasteiger partial charge in [0, 0.05) is 10.7 Å². The van der Waals surface area contributed by atoms with Gasteiger partial charge in [0.25, 0.3) is 0 Å². The van der Waals surface area contributed by atoms with Gasteiger partial charge in [-0.3, -0.25) is 4.79 Å². The third-order valence-corrected chi connectivity index (χ3v) is 4.69. The first-order valence-corrected chi connectivity index (χ1v) is 8.21. The van der Waals surface area contributed by atoms with Gasteiger partial charge in [-0.15, -0.1) is 0 Å². The molecular weight excluding hydrogens is 284 g/mol. The van der Waals surface area contributed by atoms with Gasteiger partial charge < -0.3 is 10.6 Å². The average molecular weight is 309 g/mol. The van der Waals surface area contributed by atoms with Gasteiger partial charge in [0.15, 0.2) is 0 Å². The van der Waals surface area contributed by atoms with Crippen LogP contribution in [0, 0.1) is 18.8 Å². The van der Waals surface area contributed by atoms with Crippen molar-refractivity contribution in [2.24, 2.45) is 11.8 Å². The Hall–Kier alpha value is -1.06. The zero-order valence-corrected chi connectivity index (χ0v) is 13.7. The molecule has 0 bridgehead atoms. The highest BCUT2D eigenvalue weighted by Crippen LogP contribution is 2.28. The molecule has 2 rings (SSSR count). The molecule has 0 spiro atoms. The Morgan fingerprint density at radius 2 is 2.10 bits per heavy atom. The molecule has 1 amide bonds. The molecule has 21 heavy (non-hydrogen) atoms. The van der Waals surface area contributed by atoms with Gasteiger partial charge in [-0.1, -0.05) is 43.9 Å². The Balaban J connectivity index is 1.75. The van der Waals surface area contributed by atoms with Crippen molar-refractivity contribution in [3.63, 3.8) is 0 Å². The standard InChI is InChI=1S/C17H25ClN2O/c1-12-5-3-4-6-14(12)10-19-11-17(21)20-16-9-15(18)8-7-13(16)2/h7-9,12,14,19H,3-6,10-11H2,1-2H3,(H,20,21). The molecular formula is C17H25ClN2O. The number of carbonyl (C=O) groups excluding carboxylic acids is 1. The number of hydrogen-bond donors (Lipinski definition) is 2. The lowest BCUT2D eigenvalue weighted by molar-refractivity contribution is -0.115. The van der Waals surface area contributed by atoms with Gasteiger partial charge >= 0.3 is 0 Å². The lowest BCUT2D eigenvalue weighted by atomic mass is 9.80. The molecule has 116 valence electrons. The zero-order chi connectivity index (χ0) is 15.2. The number of hydrogen-bond acceptors (Lipinski definition) is 2. The zero-order valence-electron chi connectivity index (χ0n) is 12.9. The number of rotatable bonds is 5. The van der Waals surface area contributed by atoms with Gasteiger partial charge in [-0.25, -0.2) is 0 Å². The molecule has 2 N–H and O–H groups in total. The van der Waals surface area contributed by atoms with Crippen LogP contribution in [0.5, 0.6) is 0 Å². The van der Waals surface area contributed by atoms with Gasteiger partial charge in [0.2, 0.25) is 5.91 Å². The Bertz CT molecular complexity index is 490. The van der Waals surface area contributed by atoms with E-state index in [2.05, 4.69) is 17.6 Å². The highest BCUT2D eigenvalue weighted by Gasteiger charge is 2.20. The van der Waals surface area contributed by atoms with Crippen LogP contribution in [0.2, 0.25) is 5.02 Å². The molecule has 0 heterocycles. The summed E-state index contributed by atoms with van der Waals surface area (Å²) in [5, 5.41) is 6.85. The first-order valence-electron chi connectivity index (χ1n) is 7.83. The Labute approximate surface area is 132 Å². The summed E-state index contributed by atoms with van der Waals surface area (Å²) in [6.07, 6.45) is 5.28. The normalized spacial score (nSPS) is 22.0. The van der Waals surface area contributed by atoms with Crippen LogP contribution >= 0.6 is 11.6 Å². The maximum atomic E-state index is 12.0. The molecule has 0 saturated heterocycles. The molecule has 0 aromatic heterocycles. The van der Waals surface area contributed by atoms with Crippen LogP contribution in [0.3, 0.4) is 0 Å². The van der Waals surface area contributed by atoms with E-state index in [9.17, 15) is 4.79 Å². The van der Waals surface area contributed by atoms with Crippen LogP contribution < -0.4 is 10.6 Å². The van der Waals surface area contributed by atoms with Crippen LogP contribution in [0.4, 0.5) is 5.69 Å². The Kier molecular flexibility index (Phi) is 6.07. The summed E-state index contributed by atoms with van der Waals surface area (Å²) in [6, 6.07) is 5.53. The van der Waals surface area contributed by atoms with E-state index in [1.54, 1.807) is 6.07 Å². The third kappa shape index (κ3) is 5.01. The smallest absolute Gasteiger partial charge is 0.238 e. The van der Waals surface area contributed by atoms with Gasteiger partial charge in [0.1, 0.15) is 0 Å². The first-order chi connectivity index (χ1) is 10.1. The summed E-state index contributed by atoms with van der Waals surface area (Å²) in [5.41, 5.74) is 1.81. The lowest BCUT2D eigenvalue weighted by Gasteiger charge is -2.28. The molecule has 0 aliphatic heterocycles. The van der Waals surface area contributed by atoms with Crippen molar-refractivity contribution < 1.29 is 4.79 Å². The average Bonchev–Trinajstić information content (AvgIpc) is 2.45. The molecule has 1 saturated carbocycles. The SMILES string of the molecule is Cc1ccc(Cl)cc1NC(=O)CNCC1CCCCC1C. The van der Waals surface area contributed by atoms with E-state index >= 15 is 0 Å². The summed E-state index contributed by atoms with van der Waals surface area (Å²) in [5.74, 6) is 1.47. The van der Waals surface area contributed by atoms with Crippen molar-refractivity contribution in [3.05, 3.63) is 28.8 Å². The van der Waals surface area contributed by atoms with Crippen LogP contribution in [-0.4, -0.2) is 19.0 Å². The fraction of sp³-hybridized carbons (Fsp3) is 0.588. The molecule has 1 aliphatic rings. The molecule has 1 aliphatic carbocycles. The monoisotopic (exact) mass is 308 g/mol. The van der Waals surface area contributed by atoms with Crippen LogP contribution in [0.1, 0.15) is 38.2 Å². The fourth-order valence-corrected chi connectivity index (χ4v) is 3.16. The topological polar surface area (TPSA) is 41.1 Å². The Morgan fingerprint density at radius 1 is 1.33 bits per heavy atom. The molecule has 3 nitrogen and oxygen atoms in total. The summed E-state index contributed by atoms with van der Waals surface area (Å²) >= 11 is 5.96. The molecule has 2 atom stereocenters. The predicted molar refractivity (Wildman–Crippen MR) is 88.8 cm³/mol. The quantitative estimate of drug-likeness (QED) is 0.863. The second-order valence-corrected chi connectivity index (χ2v) is 6.60. The Morgan fingerprint density at radius 3 is 2.86 bits per heavy atom. The number of amides is 1. The molecule has 0 radical (unpaired) electrons. The second-order valence-electron chi connectivity index (χ2n) is 6.16. The minimum atomic E-state index is -0.0103. The van der Waals surface area contributed by atoms with Gasteiger partial charge in [0.05, 0.1) is 6.54 Å². The molecule has 4 heteroatoms. The number of benzene rings is 1. The number of anilines is 1. The van der Waals surface area contributed by atoms with Crippen molar-refractivity contribution >= 4 is 23.2 Å². The van der Waals surface area contributed by atoms with Crippen molar-refractivity contribution in [1.29, 1.82) is 0 Å². The van der Waals surface area contributed by atoms with Gasteiger partial charge in [-0.2, -0.15) is 0 Å². The minimum absolute atomic E-state index is 0.0103. The molecule has 1 aromatic rings. The summed E-state index contributed by atoms with van der Waals surface area (Å²) in [4.78, 5) is 12.0. The van der Waals surface area contributed by atoms with Gasteiger partial charge in [-0.05, 0) is 49.4 Å². The highest BCUT2D eigenvalue weighted by molar-refractivity contribution is 6.31. The summed E-state index contributed by atoms with van der Waals surface area (Å²) in [6.45, 7) is 5.57. The van der Waals surface area contributed by atoms with E-state index in [0.29, 0.717) is 17.5 Å². The van der Waals surface area contributed by atoms with E-state index in [-0.39, 0.29) is 5.91 Å². The molecule has 1 aromatic carbocycles. The lowest BCUT2D eigenvalue weighted by Crippen LogP contribution is -2.34. The second kappa shape index (κ2) is 7.81. The van der Waals surface area contributed by atoms with Crippen LogP contribution in [-0.2, 0) is 4.79 Å². The summed E-state index contributed by atoms with van der Waals surface area (Å²) < 4.78 is 0.